The first kappa shape index (κ1) is 27.9. The largest absolute Gasteiger partial charge is 0.486 e. The van der Waals surface area contributed by atoms with Crippen LogP contribution < -0.4 is 4.74 Å². The summed E-state index contributed by atoms with van der Waals surface area (Å²) in [5, 5.41) is 15.2. The van der Waals surface area contributed by atoms with Crippen LogP contribution in [0.25, 0.3) is 17.4 Å². The van der Waals surface area contributed by atoms with Crippen molar-refractivity contribution in [3.63, 3.8) is 0 Å². The summed E-state index contributed by atoms with van der Waals surface area (Å²) in [4.78, 5) is 0.617. The SMILES string of the molecule is Cc1cc(OCc2nnc3n2N=C(c2cc(F)c(Cl)cc2Cl)C(=Cc2ccc(-c4ccc(Cl)cc4)o2)S3)ccc1Cl. The van der Waals surface area contributed by atoms with Crippen molar-refractivity contribution in [3.8, 4) is 17.1 Å². The fourth-order valence-corrected chi connectivity index (χ4v) is 5.67. The van der Waals surface area contributed by atoms with Gasteiger partial charge >= 0.3 is 0 Å². The van der Waals surface area contributed by atoms with E-state index in [9.17, 15) is 4.39 Å². The number of rotatable bonds is 6. The van der Waals surface area contributed by atoms with Crippen LogP contribution in [0, 0.1) is 12.7 Å². The lowest BCUT2D eigenvalue weighted by molar-refractivity contribution is 0.289. The Morgan fingerprint density at radius 3 is 2.51 bits per heavy atom. The van der Waals surface area contributed by atoms with Gasteiger partial charge in [0.1, 0.15) is 35.4 Å². The van der Waals surface area contributed by atoms with Gasteiger partial charge in [0.15, 0.2) is 5.82 Å². The summed E-state index contributed by atoms with van der Waals surface area (Å²) in [6.45, 7) is 1.97. The molecule has 0 atom stereocenters. The molecule has 2 aromatic heterocycles. The molecular weight excluding hydrogens is 629 g/mol. The van der Waals surface area contributed by atoms with Crippen LogP contribution in [0.15, 0.2) is 86.3 Å². The number of allylic oxidation sites excluding steroid dienone is 1. The third-order valence-corrected chi connectivity index (χ3v) is 8.35. The number of hydrogen-bond donors (Lipinski definition) is 0. The van der Waals surface area contributed by atoms with Gasteiger partial charge in [-0.1, -0.05) is 46.4 Å². The van der Waals surface area contributed by atoms with Crippen LogP contribution in [-0.2, 0) is 6.61 Å². The molecule has 6 nitrogen and oxygen atoms in total. The first-order valence-corrected chi connectivity index (χ1v) is 14.4. The maximum absolute atomic E-state index is 14.6. The molecule has 6 rings (SSSR count). The predicted molar refractivity (Wildman–Crippen MR) is 162 cm³/mol. The van der Waals surface area contributed by atoms with Gasteiger partial charge in [0, 0.05) is 26.1 Å². The molecule has 1 aliphatic rings. The number of thioether (sulfide) groups is 1. The average Bonchev–Trinajstić information content (AvgIpc) is 3.58. The zero-order valence-corrected chi connectivity index (χ0v) is 24.9. The maximum Gasteiger partial charge on any atom is 0.217 e. The molecule has 1 aliphatic heterocycles. The van der Waals surface area contributed by atoms with E-state index in [0.29, 0.717) is 54.5 Å². The maximum atomic E-state index is 14.6. The van der Waals surface area contributed by atoms with E-state index < -0.39 is 5.82 Å². The van der Waals surface area contributed by atoms with Crippen LogP contribution in [0.4, 0.5) is 4.39 Å². The molecule has 12 heteroatoms. The van der Waals surface area contributed by atoms with E-state index in [1.54, 1.807) is 35.0 Å². The number of ether oxygens (including phenoxy) is 1. The molecule has 206 valence electrons. The molecular formula is C29H17Cl4FN4O2S. The third-order valence-electron chi connectivity index (χ3n) is 6.10. The number of fused-ring (bicyclic) bond motifs is 1. The lowest BCUT2D eigenvalue weighted by Gasteiger charge is -2.18. The monoisotopic (exact) mass is 644 g/mol. The molecule has 0 aliphatic carbocycles. The molecule has 0 saturated carbocycles. The molecule has 0 unspecified atom stereocenters. The number of furan rings is 1. The summed E-state index contributed by atoms with van der Waals surface area (Å²) in [5.74, 6) is 1.63. The van der Waals surface area contributed by atoms with Gasteiger partial charge in [-0.15, -0.1) is 10.2 Å². The zero-order chi connectivity index (χ0) is 28.7. The van der Waals surface area contributed by atoms with Gasteiger partial charge in [-0.3, -0.25) is 0 Å². The molecule has 0 bridgehead atoms. The van der Waals surface area contributed by atoms with Gasteiger partial charge in [-0.25, -0.2) is 4.39 Å². The zero-order valence-electron chi connectivity index (χ0n) is 21.0. The van der Waals surface area contributed by atoms with Crippen molar-refractivity contribution in [1.29, 1.82) is 0 Å². The van der Waals surface area contributed by atoms with Gasteiger partial charge in [-0.05, 0) is 97.1 Å². The van der Waals surface area contributed by atoms with E-state index in [1.807, 2.05) is 37.3 Å². The molecule has 0 spiro atoms. The van der Waals surface area contributed by atoms with Crippen LogP contribution in [-0.4, -0.2) is 20.6 Å². The van der Waals surface area contributed by atoms with Crippen molar-refractivity contribution < 1.29 is 13.5 Å². The molecule has 0 fully saturated rings. The molecule has 0 saturated heterocycles. The van der Waals surface area contributed by atoms with Gasteiger partial charge in [0.25, 0.3) is 0 Å². The van der Waals surface area contributed by atoms with E-state index in [-0.39, 0.29) is 16.7 Å². The standard InChI is InChI=1S/C29H17Cl4FN4O2S/c1-15-10-18(6-8-21(15)31)39-14-27-35-36-29-38(27)37-28(20-12-24(34)23(33)13-22(20)32)26(41-29)11-19-7-9-25(40-19)16-2-4-17(30)5-3-16/h2-13H,14H2,1H3. The number of hydrogen-bond acceptors (Lipinski definition) is 6. The van der Waals surface area contributed by atoms with Crippen LogP contribution in [0.1, 0.15) is 22.7 Å². The molecule has 41 heavy (non-hydrogen) atoms. The van der Waals surface area contributed by atoms with Gasteiger partial charge in [-0.2, -0.15) is 9.78 Å². The normalized spacial score (nSPS) is 13.8. The Balaban J connectivity index is 1.38. The minimum absolute atomic E-state index is 0.0792. The Morgan fingerprint density at radius 2 is 1.73 bits per heavy atom. The van der Waals surface area contributed by atoms with E-state index in [2.05, 4.69) is 10.2 Å². The molecule has 0 N–H and O–H groups in total. The molecule has 0 amide bonds. The molecule has 0 radical (unpaired) electrons. The topological polar surface area (TPSA) is 65.4 Å². The summed E-state index contributed by atoms with van der Waals surface area (Å²) in [5.41, 5.74) is 2.48. The highest BCUT2D eigenvalue weighted by atomic mass is 35.5. The smallest absolute Gasteiger partial charge is 0.217 e. The second kappa shape index (κ2) is 11.5. The average molecular weight is 646 g/mol. The number of benzene rings is 3. The van der Waals surface area contributed by atoms with Gasteiger partial charge in [0.2, 0.25) is 5.16 Å². The Labute approximate surface area is 258 Å². The highest BCUT2D eigenvalue weighted by Crippen LogP contribution is 2.38. The fraction of sp³-hybridized carbons (Fsp3) is 0.0690. The minimum Gasteiger partial charge on any atom is -0.486 e. The fourth-order valence-electron chi connectivity index (χ4n) is 4.02. The van der Waals surface area contributed by atoms with Gasteiger partial charge < -0.3 is 9.15 Å². The van der Waals surface area contributed by atoms with E-state index in [4.69, 9.17) is 60.7 Å². The van der Waals surface area contributed by atoms with Crippen LogP contribution in [0.2, 0.25) is 20.1 Å². The Kier molecular flexibility index (Phi) is 7.85. The Hall–Kier alpha value is -3.27. The summed E-state index contributed by atoms with van der Waals surface area (Å²) in [6.07, 6.45) is 1.79. The van der Waals surface area contributed by atoms with E-state index >= 15 is 0 Å². The van der Waals surface area contributed by atoms with Crippen LogP contribution in [0.3, 0.4) is 0 Å². The Bertz CT molecular complexity index is 1850. The number of aromatic nitrogens is 3. The van der Waals surface area contributed by atoms with Crippen molar-refractivity contribution in [1.82, 2.24) is 14.9 Å². The highest BCUT2D eigenvalue weighted by molar-refractivity contribution is 8.04. The van der Waals surface area contributed by atoms with Crippen LogP contribution >= 0.6 is 58.2 Å². The molecule has 3 heterocycles. The highest BCUT2D eigenvalue weighted by Gasteiger charge is 2.27. The lowest BCUT2D eigenvalue weighted by atomic mass is 10.1. The number of nitrogens with zero attached hydrogens (tertiary/aromatic N) is 4. The van der Waals surface area contributed by atoms with Crippen molar-refractivity contribution >= 4 is 70.0 Å². The first-order chi connectivity index (χ1) is 19.7. The minimum atomic E-state index is -0.627. The van der Waals surface area contributed by atoms with E-state index in [0.717, 1.165) is 11.1 Å². The number of aryl methyl sites for hydroxylation is 1. The Morgan fingerprint density at radius 1 is 0.927 bits per heavy atom. The lowest BCUT2D eigenvalue weighted by Crippen LogP contribution is -2.15. The van der Waals surface area contributed by atoms with Gasteiger partial charge in [0.05, 0.1) is 10.0 Å². The molecule has 3 aromatic carbocycles. The summed E-state index contributed by atoms with van der Waals surface area (Å²) in [7, 11) is 0. The van der Waals surface area contributed by atoms with E-state index in [1.165, 1.54) is 23.9 Å². The van der Waals surface area contributed by atoms with Crippen molar-refractivity contribution in [3.05, 3.63) is 120 Å². The van der Waals surface area contributed by atoms with Crippen LogP contribution in [0.5, 0.6) is 5.75 Å². The quantitative estimate of drug-likeness (QED) is 0.172. The summed E-state index contributed by atoms with van der Waals surface area (Å²) < 4.78 is 28.2. The number of halogens is 5. The summed E-state index contributed by atoms with van der Waals surface area (Å²) in [6, 6.07) is 19.0. The molecule has 5 aromatic rings. The first-order valence-electron chi connectivity index (χ1n) is 12.1. The predicted octanol–water partition coefficient (Wildman–Crippen LogP) is 9.58. The second-order valence-corrected chi connectivity index (χ2v) is 11.6. The van der Waals surface area contributed by atoms with Crippen molar-refractivity contribution in [2.45, 2.75) is 18.7 Å². The third kappa shape index (κ3) is 5.89. The van der Waals surface area contributed by atoms with Crippen molar-refractivity contribution in [2.75, 3.05) is 0 Å². The second-order valence-electron chi connectivity index (χ2n) is 8.92. The van der Waals surface area contributed by atoms with Crippen molar-refractivity contribution in [2.24, 2.45) is 5.10 Å². The summed E-state index contributed by atoms with van der Waals surface area (Å²) >= 11 is 25.9.